The summed E-state index contributed by atoms with van der Waals surface area (Å²) in [6.45, 7) is 2.89. The van der Waals surface area contributed by atoms with Crippen molar-refractivity contribution in [3.8, 4) is 0 Å². The molecule has 1 saturated heterocycles. The molecule has 1 fully saturated rings. The molecule has 2 rings (SSSR count). The van der Waals surface area contributed by atoms with Gasteiger partial charge in [0.05, 0.1) is 30.6 Å². The quantitative estimate of drug-likeness (QED) is 0.665. The number of carbonyl (C=O) groups excluding carboxylic acids is 2. The van der Waals surface area contributed by atoms with Crippen LogP contribution in [0.3, 0.4) is 0 Å². The number of para-hydroxylation sites is 2. The van der Waals surface area contributed by atoms with Gasteiger partial charge >= 0.3 is 0 Å². The monoisotopic (exact) mass is 292 g/mol. The minimum Gasteiger partial charge on any atom is -0.397 e. The van der Waals surface area contributed by atoms with Gasteiger partial charge in [-0.1, -0.05) is 12.1 Å². The first-order valence-corrected chi connectivity index (χ1v) is 6.79. The molecule has 21 heavy (non-hydrogen) atoms. The maximum atomic E-state index is 12.3. The Kier molecular flexibility index (Phi) is 4.77. The fourth-order valence-electron chi connectivity index (χ4n) is 2.32. The lowest BCUT2D eigenvalue weighted by molar-refractivity contribution is -0.135. The number of nitrogen functional groups attached to an aromatic ring is 1. The molecule has 2 unspecified atom stereocenters. The molecule has 0 aliphatic carbocycles. The number of primary amides is 1. The number of anilines is 2. The number of ether oxygens (including phenoxy) is 1. The molecule has 7 nitrogen and oxygen atoms in total. The van der Waals surface area contributed by atoms with Crippen molar-refractivity contribution >= 4 is 23.2 Å². The number of benzene rings is 1. The third-order valence-corrected chi connectivity index (χ3v) is 3.59. The molecule has 1 heterocycles. The van der Waals surface area contributed by atoms with E-state index >= 15 is 0 Å². The summed E-state index contributed by atoms with van der Waals surface area (Å²) < 4.78 is 5.25. The van der Waals surface area contributed by atoms with Crippen LogP contribution in [-0.4, -0.2) is 48.6 Å². The van der Waals surface area contributed by atoms with Crippen LogP contribution in [0.15, 0.2) is 24.3 Å². The van der Waals surface area contributed by atoms with Crippen molar-refractivity contribution in [2.75, 3.05) is 30.8 Å². The zero-order valence-electron chi connectivity index (χ0n) is 11.9. The summed E-state index contributed by atoms with van der Waals surface area (Å²) in [6, 6.07) is 5.92. The summed E-state index contributed by atoms with van der Waals surface area (Å²) in [4.78, 5) is 25.5. The van der Waals surface area contributed by atoms with E-state index in [1.807, 2.05) is 0 Å². The number of carbonyl (C=O) groups is 2. The van der Waals surface area contributed by atoms with E-state index in [0.717, 1.165) is 0 Å². The molecule has 2 amide bonds. The largest absolute Gasteiger partial charge is 0.397 e. The van der Waals surface area contributed by atoms with Crippen molar-refractivity contribution in [3.63, 3.8) is 0 Å². The van der Waals surface area contributed by atoms with Crippen LogP contribution in [0.25, 0.3) is 0 Å². The zero-order chi connectivity index (χ0) is 15.4. The molecule has 114 valence electrons. The summed E-state index contributed by atoms with van der Waals surface area (Å²) >= 11 is 0. The smallest absolute Gasteiger partial charge is 0.241 e. The van der Waals surface area contributed by atoms with Crippen molar-refractivity contribution in [2.45, 2.75) is 19.0 Å². The van der Waals surface area contributed by atoms with Crippen LogP contribution in [0.1, 0.15) is 6.92 Å². The molecule has 1 aromatic rings. The highest BCUT2D eigenvalue weighted by molar-refractivity contribution is 5.97. The van der Waals surface area contributed by atoms with Gasteiger partial charge in [-0.25, -0.2) is 0 Å². The van der Waals surface area contributed by atoms with Crippen molar-refractivity contribution in [1.29, 1.82) is 0 Å². The molecule has 1 aromatic carbocycles. The molecule has 7 heteroatoms. The van der Waals surface area contributed by atoms with Gasteiger partial charge in [0.25, 0.3) is 0 Å². The zero-order valence-corrected chi connectivity index (χ0v) is 11.9. The molecule has 2 atom stereocenters. The Hall–Kier alpha value is -2.12. The number of nitrogens with zero attached hydrogens (tertiary/aromatic N) is 1. The van der Waals surface area contributed by atoms with Gasteiger partial charge < -0.3 is 21.5 Å². The summed E-state index contributed by atoms with van der Waals surface area (Å²) in [6.07, 6.45) is 0. The molecule has 1 aliphatic heterocycles. The number of nitrogens with two attached hydrogens (primary N) is 2. The van der Waals surface area contributed by atoms with E-state index in [2.05, 4.69) is 5.32 Å². The van der Waals surface area contributed by atoms with Gasteiger partial charge in [-0.15, -0.1) is 0 Å². The van der Waals surface area contributed by atoms with Crippen LogP contribution in [0, 0.1) is 0 Å². The SMILES string of the molecule is CC(C(=O)Nc1ccccc1N)N1CCOCC1C(N)=O. The van der Waals surface area contributed by atoms with Gasteiger partial charge in [-0.2, -0.15) is 0 Å². The normalized spacial score (nSPS) is 20.7. The molecular formula is C14H20N4O3. The minimum atomic E-state index is -0.590. The topological polar surface area (TPSA) is 111 Å². The first kappa shape index (κ1) is 15.3. The van der Waals surface area contributed by atoms with Gasteiger partial charge in [0.2, 0.25) is 11.8 Å². The fourth-order valence-corrected chi connectivity index (χ4v) is 2.32. The lowest BCUT2D eigenvalue weighted by Gasteiger charge is -2.37. The number of hydrogen-bond donors (Lipinski definition) is 3. The number of amides is 2. The van der Waals surface area contributed by atoms with Crippen molar-refractivity contribution < 1.29 is 14.3 Å². The second-order valence-corrected chi connectivity index (χ2v) is 4.98. The Morgan fingerprint density at radius 2 is 2.14 bits per heavy atom. The Morgan fingerprint density at radius 3 is 2.81 bits per heavy atom. The van der Waals surface area contributed by atoms with Gasteiger partial charge in [0, 0.05) is 6.54 Å². The van der Waals surface area contributed by atoms with Crippen LogP contribution in [0.4, 0.5) is 11.4 Å². The second-order valence-electron chi connectivity index (χ2n) is 4.98. The maximum Gasteiger partial charge on any atom is 0.241 e. The molecule has 0 aromatic heterocycles. The van der Waals surface area contributed by atoms with E-state index in [1.165, 1.54) is 0 Å². The Morgan fingerprint density at radius 1 is 1.43 bits per heavy atom. The molecule has 0 bridgehead atoms. The van der Waals surface area contributed by atoms with E-state index in [4.69, 9.17) is 16.2 Å². The number of morpholine rings is 1. The molecule has 0 radical (unpaired) electrons. The lowest BCUT2D eigenvalue weighted by Crippen LogP contribution is -2.58. The van der Waals surface area contributed by atoms with Crippen LogP contribution in [-0.2, 0) is 14.3 Å². The van der Waals surface area contributed by atoms with E-state index in [9.17, 15) is 9.59 Å². The first-order valence-electron chi connectivity index (χ1n) is 6.79. The van der Waals surface area contributed by atoms with Gasteiger partial charge in [-0.3, -0.25) is 14.5 Å². The van der Waals surface area contributed by atoms with E-state index < -0.39 is 18.0 Å². The average Bonchev–Trinajstić information content (AvgIpc) is 2.48. The fraction of sp³-hybridized carbons (Fsp3) is 0.429. The molecule has 0 saturated carbocycles. The Bertz CT molecular complexity index is 535. The van der Waals surface area contributed by atoms with E-state index in [1.54, 1.807) is 36.1 Å². The summed E-state index contributed by atoms with van der Waals surface area (Å²) in [5, 5.41) is 2.77. The maximum absolute atomic E-state index is 12.3. The lowest BCUT2D eigenvalue weighted by atomic mass is 10.1. The standard InChI is InChI=1S/C14H20N4O3/c1-9(18-6-7-21-8-12(18)13(16)19)14(20)17-11-5-3-2-4-10(11)15/h2-5,9,12H,6-8,15H2,1H3,(H2,16,19)(H,17,20). The Balaban J connectivity index is 2.07. The van der Waals surface area contributed by atoms with Crippen LogP contribution >= 0.6 is 0 Å². The highest BCUT2D eigenvalue weighted by Gasteiger charge is 2.34. The Labute approximate surface area is 123 Å². The van der Waals surface area contributed by atoms with Gasteiger partial charge in [-0.05, 0) is 19.1 Å². The molecule has 1 aliphatic rings. The summed E-state index contributed by atoms with van der Waals surface area (Å²) in [5.41, 5.74) is 12.2. The van der Waals surface area contributed by atoms with Crippen LogP contribution < -0.4 is 16.8 Å². The number of hydrogen-bond acceptors (Lipinski definition) is 5. The van der Waals surface area contributed by atoms with Crippen molar-refractivity contribution in [3.05, 3.63) is 24.3 Å². The number of nitrogens with one attached hydrogen (secondary N) is 1. The van der Waals surface area contributed by atoms with Crippen LogP contribution in [0.2, 0.25) is 0 Å². The van der Waals surface area contributed by atoms with Crippen molar-refractivity contribution in [1.82, 2.24) is 4.90 Å². The molecule has 0 spiro atoms. The predicted molar refractivity (Wildman–Crippen MR) is 79.5 cm³/mol. The molecular weight excluding hydrogens is 272 g/mol. The second kappa shape index (κ2) is 6.55. The average molecular weight is 292 g/mol. The third kappa shape index (κ3) is 3.50. The summed E-state index contributed by atoms with van der Waals surface area (Å²) in [7, 11) is 0. The summed E-state index contributed by atoms with van der Waals surface area (Å²) in [5.74, 6) is -0.727. The number of rotatable bonds is 4. The molecule has 5 N–H and O–H groups in total. The third-order valence-electron chi connectivity index (χ3n) is 3.59. The van der Waals surface area contributed by atoms with E-state index in [-0.39, 0.29) is 12.5 Å². The van der Waals surface area contributed by atoms with Crippen LogP contribution in [0.5, 0.6) is 0 Å². The van der Waals surface area contributed by atoms with E-state index in [0.29, 0.717) is 24.5 Å². The van der Waals surface area contributed by atoms with Gasteiger partial charge in [0.1, 0.15) is 6.04 Å². The highest BCUT2D eigenvalue weighted by Crippen LogP contribution is 2.18. The van der Waals surface area contributed by atoms with Gasteiger partial charge in [0.15, 0.2) is 0 Å². The first-order chi connectivity index (χ1) is 10.0. The minimum absolute atomic E-state index is 0.209. The highest BCUT2D eigenvalue weighted by atomic mass is 16.5. The predicted octanol–water partition coefficient (Wildman–Crippen LogP) is -0.218. The van der Waals surface area contributed by atoms with Crippen molar-refractivity contribution in [2.24, 2.45) is 5.73 Å².